The summed E-state index contributed by atoms with van der Waals surface area (Å²) in [6.07, 6.45) is 0. The Kier molecular flexibility index (Phi) is 8.22. The lowest BCUT2D eigenvalue weighted by Crippen LogP contribution is -2.43. The molecule has 0 heterocycles. The van der Waals surface area contributed by atoms with Gasteiger partial charge in [-0.15, -0.1) is 0 Å². The third-order valence-corrected chi connectivity index (χ3v) is 5.73. The molecule has 0 spiro atoms. The van der Waals surface area contributed by atoms with E-state index in [9.17, 15) is 0 Å². The first-order valence-electron chi connectivity index (χ1n) is 11.0. The minimum Gasteiger partial charge on any atom is -0.353 e. The van der Waals surface area contributed by atoms with Gasteiger partial charge in [-0.2, -0.15) is 0 Å². The molecule has 0 saturated carbocycles. The van der Waals surface area contributed by atoms with Gasteiger partial charge < -0.3 is 21.3 Å². The summed E-state index contributed by atoms with van der Waals surface area (Å²) in [6.45, 7) is 0. The van der Waals surface area contributed by atoms with Crippen LogP contribution in [-0.2, 0) is 0 Å². The summed E-state index contributed by atoms with van der Waals surface area (Å²) in [7, 11) is 0. The van der Waals surface area contributed by atoms with Gasteiger partial charge in [0.15, 0.2) is 10.2 Å². The van der Waals surface area contributed by atoms with E-state index in [1.54, 1.807) is 0 Å². The summed E-state index contributed by atoms with van der Waals surface area (Å²) >= 11 is 11.4. The van der Waals surface area contributed by atoms with Crippen molar-refractivity contribution in [1.29, 1.82) is 0 Å². The molecule has 4 rings (SSSR count). The van der Waals surface area contributed by atoms with E-state index in [0.29, 0.717) is 10.2 Å². The first-order valence-corrected chi connectivity index (χ1v) is 11.9. The largest absolute Gasteiger partial charge is 0.353 e. The highest BCUT2D eigenvalue weighted by atomic mass is 32.1. The summed E-state index contributed by atoms with van der Waals surface area (Å²) in [5, 5.41) is 14.7. The fourth-order valence-corrected chi connectivity index (χ4v) is 4.19. The number of rotatable bonds is 7. The van der Waals surface area contributed by atoms with Crippen molar-refractivity contribution in [1.82, 2.24) is 10.6 Å². The van der Waals surface area contributed by atoms with Crippen molar-refractivity contribution >= 4 is 46.0 Å². The van der Waals surface area contributed by atoms with Crippen molar-refractivity contribution in [3.8, 4) is 0 Å². The molecule has 0 bridgehead atoms. The minimum absolute atomic E-state index is 0.192. The second-order valence-electron chi connectivity index (χ2n) is 7.71. The van der Waals surface area contributed by atoms with E-state index in [1.807, 2.05) is 97.1 Å². The first-order chi connectivity index (χ1) is 16.7. The number of hydrogen-bond donors (Lipinski definition) is 4. The van der Waals surface area contributed by atoms with E-state index in [2.05, 4.69) is 45.5 Å². The van der Waals surface area contributed by atoms with E-state index < -0.39 is 0 Å². The normalized spacial score (nSPS) is 12.1. The summed E-state index contributed by atoms with van der Waals surface area (Å²) in [4.78, 5) is 0. The molecule has 4 aromatic carbocycles. The van der Waals surface area contributed by atoms with Crippen LogP contribution in [0.1, 0.15) is 23.2 Å². The predicted molar refractivity (Wildman–Crippen MR) is 150 cm³/mol. The van der Waals surface area contributed by atoms with E-state index in [-0.39, 0.29) is 12.1 Å². The maximum Gasteiger partial charge on any atom is 0.171 e. The van der Waals surface area contributed by atoms with Crippen LogP contribution in [0.3, 0.4) is 0 Å². The quantitative estimate of drug-likeness (QED) is 0.227. The van der Waals surface area contributed by atoms with E-state index in [0.717, 1.165) is 22.5 Å². The zero-order valence-electron chi connectivity index (χ0n) is 18.5. The highest BCUT2D eigenvalue weighted by Gasteiger charge is 2.26. The minimum atomic E-state index is -0.192. The van der Waals surface area contributed by atoms with Crippen molar-refractivity contribution in [2.24, 2.45) is 0 Å². The molecule has 34 heavy (non-hydrogen) atoms. The SMILES string of the molecule is S=C(Nc1ccccc1)N[C@@H](c1ccccc1)[C@@H](NC(=S)Nc1ccccc1)c1ccccc1. The maximum absolute atomic E-state index is 5.70. The molecule has 4 N–H and O–H groups in total. The molecule has 0 fully saturated rings. The average Bonchev–Trinajstić information content (AvgIpc) is 2.88. The van der Waals surface area contributed by atoms with Crippen LogP contribution in [0.25, 0.3) is 0 Å². The highest BCUT2D eigenvalue weighted by Crippen LogP contribution is 2.29. The summed E-state index contributed by atoms with van der Waals surface area (Å²) in [6, 6.07) is 39.9. The first kappa shape index (κ1) is 23.4. The number of para-hydroxylation sites is 2. The predicted octanol–water partition coefficient (Wildman–Crippen LogP) is 6.44. The van der Waals surface area contributed by atoms with Crippen LogP contribution in [0.5, 0.6) is 0 Å². The Morgan fingerprint density at radius 3 is 1.06 bits per heavy atom. The molecule has 0 unspecified atom stereocenters. The standard InChI is InChI=1S/C28H26N4S2/c33-27(29-23-17-9-3-10-18-23)31-25(21-13-5-1-6-14-21)26(22-15-7-2-8-16-22)32-28(34)30-24-19-11-4-12-20-24/h1-20,25-26H,(H2,29,31,33)(H2,30,32,34)/t25-,26-/m0/s1. The lowest BCUT2D eigenvalue weighted by Gasteiger charge is -2.32. The molecule has 0 aliphatic rings. The number of anilines is 2. The van der Waals surface area contributed by atoms with Crippen LogP contribution in [-0.4, -0.2) is 10.2 Å². The van der Waals surface area contributed by atoms with Crippen LogP contribution < -0.4 is 21.3 Å². The van der Waals surface area contributed by atoms with Crippen LogP contribution in [0, 0.1) is 0 Å². The van der Waals surface area contributed by atoms with Gasteiger partial charge in [-0.3, -0.25) is 0 Å². The molecule has 0 radical (unpaired) electrons. The van der Waals surface area contributed by atoms with Gasteiger partial charge in [-0.1, -0.05) is 97.1 Å². The molecule has 0 amide bonds. The van der Waals surface area contributed by atoms with Gasteiger partial charge in [0.1, 0.15) is 0 Å². The molecular weight excluding hydrogens is 456 g/mol. The molecule has 0 aliphatic heterocycles. The van der Waals surface area contributed by atoms with E-state index >= 15 is 0 Å². The Morgan fingerprint density at radius 2 is 0.735 bits per heavy atom. The lowest BCUT2D eigenvalue weighted by atomic mass is 9.93. The van der Waals surface area contributed by atoms with Crippen LogP contribution >= 0.6 is 24.4 Å². The van der Waals surface area contributed by atoms with Gasteiger partial charge in [-0.05, 0) is 59.8 Å². The zero-order valence-corrected chi connectivity index (χ0v) is 20.2. The molecule has 6 heteroatoms. The number of nitrogens with one attached hydrogen (secondary N) is 4. The Morgan fingerprint density at radius 1 is 0.441 bits per heavy atom. The van der Waals surface area contributed by atoms with Crippen molar-refractivity contribution in [2.75, 3.05) is 10.6 Å². The van der Waals surface area contributed by atoms with E-state index in [1.165, 1.54) is 0 Å². The topological polar surface area (TPSA) is 48.1 Å². The maximum atomic E-state index is 5.70. The van der Waals surface area contributed by atoms with Crippen LogP contribution in [0.4, 0.5) is 11.4 Å². The van der Waals surface area contributed by atoms with Gasteiger partial charge in [0.25, 0.3) is 0 Å². The summed E-state index contributed by atoms with van der Waals surface area (Å²) in [5.74, 6) is 0. The number of thiocarbonyl (C=S) groups is 2. The molecular formula is C28H26N4S2. The average molecular weight is 483 g/mol. The number of hydrogen-bond acceptors (Lipinski definition) is 2. The fraction of sp³-hybridized carbons (Fsp3) is 0.0714. The Labute approximate surface area is 211 Å². The van der Waals surface area contributed by atoms with Gasteiger partial charge >= 0.3 is 0 Å². The molecule has 170 valence electrons. The number of benzene rings is 4. The summed E-state index contributed by atoms with van der Waals surface area (Å²) in [5.41, 5.74) is 4.03. The third kappa shape index (κ3) is 6.63. The van der Waals surface area contributed by atoms with Crippen molar-refractivity contribution in [2.45, 2.75) is 12.1 Å². The monoisotopic (exact) mass is 482 g/mol. The summed E-state index contributed by atoms with van der Waals surface area (Å²) < 4.78 is 0. The van der Waals surface area contributed by atoms with Gasteiger partial charge in [0.05, 0.1) is 12.1 Å². The van der Waals surface area contributed by atoms with Crippen molar-refractivity contribution in [3.63, 3.8) is 0 Å². The molecule has 4 nitrogen and oxygen atoms in total. The van der Waals surface area contributed by atoms with Gasteiger partial charge in [0.2, 0.25) is 0 Å². The Balaban J connectivity index is 1.62. The Bertz CT molecular complexity index is 1090. The fourth-order valence-electron chi connectivity index (χ4n) is 3.70. The lowest BCUT2D eigenvalue weighted by molar-refractivity contribution is 0.488. The third-order valence-electron chi connectivity index (χ3n) is 5.29. The molecule has 2 atom stereocenters. The highest BCUT2D eigenvalue weighted by molar-refractivity contribution is 7.80. The second-order valence-corrected chi connectivity index (χ2v) is 8.52. The van der Waals surface area contributed by atoms with Crippen LogP contribution in [0.15, 0.2) is 121 Å². The van der Waals surface area contributed by atoms with Crippen LogP contribution in [0.2, 0.25) is 0 Å². The molecule has 0 aliphatic carbocycles. The smallest absolute Gasteiger partial charge is 0.171 e. The Hall–Kier alpha value is -3.74. The second kappa shape index (κ2) is 11.9. The van der Waals surface area contributed by atoms with Gasteiger partial charge in [-0.25, -0.2) is 0 Å². The van der Waals surface area contributed by atoms with Gasteiger partial charge in [0, 0.05) is 11.4 Å². The van der Waals surface area contributed by atoms with Crippen molar-refractivity contribution < 1.29 is 0 Å². The molecule has 0 saturated heterocycles. The molecule has 4 aromatic rings. The molecule has 0 aromatic heterocycles. The van der Waals surface area contributed by atoms with Crippen molar-refractivity contribution in [3.05, 3.63) is 132 Å². The zero-order chi connectivity index (χ0) is 23.6. The van der Waals surface area contributed by atoms with E-state index in [4.69, 9.17) is 24.4 Å².